The van der Waals surface area contributed by atoms with E-state index in [0.717, 1.165) is 48.3 Å². The van der Waals surface area contributed by atoms with E-state index < -0.39 is 0 Å². The van der Waals surface area contributed by atoms with Crippen LogP contribution in [-0.4, -0.2) is 45.5 Å². The quantitative estimate of drug-likeness (QED) is 0.178. The van der Waals surface area contributed by atoms with Crippen LogP contribution in [0.1, 0.15) is 47.3 Å². The smallest absolute Gasteiger partial charge is 0.283 e. The van der Waals surface area contributed by atoms with Crippen molar-refractivity contribution >= 4 is 46.5 Å². The number of nitrogens with zero attached hydrogens (tertiary/aromatic N) is 4. The van der Waals surface area contributed by atoms with Crippen LogP contribution in [0.5, 0.6) is 0 Å². The molecule has 2 heterocycles. The van der Waals surface area contributed by atoms with Crippen molar-refractivity contribution < 1.29 is 4.79 Å². The minimum absolute atomic E-state index is 0.235. The zero-order valence-corrected chi connectivity index (χ0v) is 22.2. The summed E-state index contributed by atoms with van der Waals surface area (Å²) in [4.78, 5) is 17.1. The monoisotopic (exact) mass is 537 g/mol. The molecule has 0 atom stereocenters. The molecule has 0 bridgehead atoms. The molecule has 3 aromatic rings. The van der Waals surface area contributed by atoms with Crippen molar-refractivity contribution in [1.82, 2.24) is 20.2 Å². The number of aromatic nitrogens is 2. The Morgan fingerprint density at radius 3 is 2.58 bits per heavy atom. The predicted molar refractivity (Wildman–Crippen MR) is 148 cm³/mol. The van der Waals surface area contributed by atoms with Gasteiger partial charge in [0.05, 0.1) is 28.1 Å². The number of aliphatic imine (C=N–C) groups is 1. The first-order chi connectivity index (χ1) is 17.5. The third-order valence-corrected chi connectivity index (χ3v) is 6.56. The summed E-state index contributed by atoms with van der Waals surface area (Å²) in [6.07, 6.45) is 3.92. The maximum absolute atomic E-state index is 13.2. The number of hydrogen-bond donors (Lipinski definition) is 1. The normalized spacial score (nSPS) is 13.4. The first-order valence-corrected chi connectivity index (χ1v) is 12.9. The number of isothiocyanates is 1. The molecule has 0 saturated carbocycles. The van der Waals surface area contributed by atoms with E-state index in [1.807, 2.05) is 36.2 Å². The highest BCUT2D eigenvalue weighted by Crippen LogP contribution is 2.33. The number of rotatable bonds is 6. The summed E-state index contributed by atoms with van der Waals surface area (Å²) in [7, 11) is 0. The second-order valence-corrected chi connectivity index (χ2v) is 9.45. The van der Waals surface area contributed by atoms with E-state index >= 15 is 0 Å². The van der Waals surface area contributed by atoms with Crippen LogP contribution in [0.25, 0.3) is 16.9 Å². The molecule has 6 nitrogen and oxygen atoms in total. The van der Waals surface area contributed by atoms with Gasteiger partial charge < -0.3 is 0 Å². The number of hydrogen-bond acceptors (Lipinski definition) is 5. The molecule has 9 heteroatoms. The van der Waals surface area contributed by atoms with Gasteiger partial charge in [-0.3, -0.25) is 10.2 Å². The summed E-state index contributed by atoms with van der Waals surface area (Å²) in [5.41, 5.74) is 7.30. The number of benzene rings is 2. The first-order valence-electron chi connectivity index (χ1n) is 11.7. The third-order valence-electron chi connectivity index (χ3n) is 5.90. The fourth-order valence-corrected chi connectivity index (χ4v) is 4.69. The summed E-state index contributed by atoms with van der Waals surface area (Å²) in [5.74, 6) is 5.97. The van der Waals surface area contributed by atoms with E-state index in [1.54, 1.807) is 22.9 Å². The molecule has 1 aliphatic heterocycles. The lowest BCUT2D eigenvalue weighted by atomic mass is 10.0. The van der Waals surface area contributed by atoms with Crippen LogP contribution in [-0.2, 0) is 0 Å². The number of nitrogens with one attached hydrogen (secondary N) is 1. The number of thiocarbonyl (C=S) groups is 1. The molecule has 0 spiro atoms. The largest absolute Gasteiger partial charge is 0.286 e. The van der Waals surface area contributed by atoms with Gasteiger partial charge in [0, 0.05) is 41.2 Å². The molecule has 0 radical (unpaired) electrons. The van der Waals surface area contributed by atoms with Gasteiger partial charge in [-0.2, -0.15) is 5.10 Å². The van der Waals surface area contributed by atoms with Crippen molar-refractivity contribution in [2.24, 2.45) is 4.99 Å². The van der Waals surface area contributed by atoms with Crippen LogP contribution >= 0.6 is 35.4 Å². The van der Waals surface area contributed by atoms with Crippen molar-refractivity contribution in [2.75, 3.05) is 19.6 Å². The van der Waals surface area contributed by atoms with Crippen LogP contribution in [0.3, 0.4) is 0 Å². The Morgan fingerprint density at radius 1 is 1.14 bits per heavy atom. The van der Waals surface area contributed by atoms with Gasteiger partial charge in [0.15, 0.2) is 5.69 Å². The summed E-state index contributed by atoms with van der Waals surface area (Å²) in [6, 6.07) is 13.0. The van der Waals surface area contributed by atoms with Crippen molar-refractivity contribution in [3.05, 3.63) is 69.3 Å². The maximum atomic E-state index is 13.2. The fraction of sp³-hybridized carbons (Fsp3) is 0.296. The highest BCUT2D eigenvalue weighted by molar-refractivity contribution is 7.78. The predicted octanol–water partition coefficient (Wildman–Crippen LogP) is 6.13. The van der Waals surface area contributed by atoms with Gasteiger partial charge in [0.25, 0.3) is 5.91 Å². The number of piperidine rings is 1. The number of hydrazine groups is 1. The van der Waals surface area contributed by atoms with Crippen molar-refractivity contribution in [2.45, 2.75) is 32.6 Å². The molecule has 1 aliphatic rings. The molecule has 1 amide bonds. The van der Waals surface area contributed by atoms with Crippen LogP contribution in [0.15, 0.2) is 47.5 Å². The lowest BCUT2D eigenvalue weighted by Crippen LogP contribution is -2.45. The first kappa shape index (κ1) is 26.1. The van der Waals surface area contributed by atoms with Crippen molar-refractivity contribution in [3.63, 3.8) is 0 Å². The van der Waals surface area contributed by atoms with Gasteiger partial charge in [-0.15, -0.1) is 0 Å². The summed E-state index contributed by atoms with van der Waals surface area (Å²) < 4.78 is 1.71. The van der Waals surface area contributed by atoms with E-state index in [-0.39, 0.29) is 5.91 Å². The minimum Gasteiger partial charge on any atom is -0.283 e. The standard InChI is InChI=1S/C27H25Cl2N5OS/c1-19-25(27(35)32-33-15-5-2-6-16-33)31-34(24-13-12-22(28)17-23(24)29)26(19)21-10-8-20(9-11-21)7-3-4-14-30-18-36/h8-13,17H,2,4-6,14-16H2,1H3,(H,32,35). The van der Waals surface area contributed by atoms with Gasteiger partial charge in [-0.1, -0.05) is 53.6 Å². The minimum atomic E-state index is -0.235. The van der Waals surface area contributed by atoms with Crippen LogP contribution in [0, 0.1) is 18.8 Å². The highest BCUT2D eigenvalue weighted by Gasteiger charge is 2.24. The molecule has 184 valence electrons. The lowest BCUT2D eigenvalue weighted by Gasteiger charge is -2.26. The molecule has 1 aromatic heterocycles. The topological polar surface area (TPSA) is 62.5 Å². The van der Waals surface area contributed by atoms with Crippen molar-refractivity contribution in [3.8, 4) is 28.8 Å². The molecular formula is C27H25Cl2N5OS. The lowest BCUT2D eigenvalue weighted by molar-refractivity contribution is 0.0743. The van der Waals surface area contributed by atoms with Crippen LogP contribution < -0.4 is 5.43 Å². The molecule has 0 unspecified atom stereocenters. The molecule has 1 N–H and O–H groups in total. The Hall–Kier alpha value is -2.98. The molecule has 1 fully saturated rings. The second kappa shape index (κ2) is 12.3. The molecular weight excluding hydrogens is 513 g/mol. The van der Waals surface area contributed by atoms with Gasteiger partial charge in [0.2, 0.25) is 0 Å². The van der Waals surface area contributed by atoms with E-state index in [2.05, 4.69) is 39.6 Å². The molecule has 0 aliphatic carbocycles. The zero-order chi connectivity index (χ0) is 25.5. The van der Waals surface area contributed by atoms with Crippen LogP contribution in [0.2, 0.25) is 10.0 Å². The molecule has 2 aromatic carbocycles. The van der Waals surface area contributed by atoms with Gasteiger partial charge in [0.1, 0.15) is 0 Å². The average Bonchev–Trinajstić information content (AvgIpc) is 3.21. The average molecular weight is 539 g/mol. The van der Waals surface area contributed by atoms with E-state index in [0.29, 0.717) is 34.4 Å². The molecule has 1 saturated heterocycles. The van der Waals surface area contributed by atoms with Gasteiger partial charge >= 0.3 is 0 Å². The Kier molecular flexibility index (Phi) is 8.93. The SMILES string of the molecule is Cc1c(C(=O)NN2CCCCC2)nn(-c2ccc(Cl)cc2Cl)c1-c1ccc(C#CCCN=C=S)cc1. The number of carbonyl (C=O) groups excluding carboxylic acids is 1. The Morgan fingerprint density at radius 2 is 1.89 bits per heavy atom. The Balaban J connectivity index is 1.71. The fourth-order valence-electron chi connectivity index (χ4n) is 4.11. The van der Waals surface area contributed by atoms with Crippen LogP contribution in [0.4, 0.5) is 0 Å². The zero-order valence-electron chi connectivity index (χ0n) is 19.9. The third kappa shape index (κ3) is 6.22. The number of carbonyl (C=O) groups is 1. The second-order valence-electron chi connectivity index (χ2n) is 8.42. The van der Waals surface area contributed by atoms with Gasteiger partial charge in [-0.25, -0.2) is 14.7 Å². The summed E-state index contributed by atoms with van der Waals surface area (Å²) in [6.45, 7) is 4.11. The van der Waals surface area contributed by atoms with E-state index in [1.165, 1.54) is 6.42 Å². The number of amides is 1. The summed E-state index contributed by atoms with van der Waals surface area (Å²) in [5, 5.41) is 9.98. The molecule has 4 rings (SSSR count). The van der Waals surface area contributed by atoms with E-state index in [4.69, 9.17) is 28.3 Å². The summed E-state index contributed by atoms with van der Waals surface area (Å²) >= 11 is 17.3. The van der Waals surface area contributed by atoms with E-state index in [9.17, 15) is 4.79 Å². The Labute approximate surface area is 226 Å². The van der Waals surface area contributed by atoms with Gasteiger partial charge in [-0.05, 0) is 62.3 Å². The van der Waals surface area contributed by atoms with Crippen molar-refractivity contribution in [1.29, 1.82) is 0 Å². The highest BCUT2D eigenvalue weighted by atomic mass is 35.5. The number of halogens is 2. The maximum Gasteiger partial charge on any atom is 0.286 e. The Bertz CT molecular complexity index is 1360. The molecule has 36 heavy (non-hydrogen) atoms.